The monoisotopic (exact) mass is 213 g/mol. The van der Waals surface area contributed by atoms with Crippen molar-refractivity contribution in [3.05, 3.63) is 16.6 Å². The smallest absolute Gasteiger partial charge is 0.0950 e. The van der Waals surface area contributed by atoms with E-state index in [1.165, 1.54) is 0 Å². The van der Waals surface area contributed by atoms with Crippen LogP contribution in [0.3, 0.4) is 0 Å². The van der Waals surface area contributed by atoms with Gasteiger partial charge in [-0.05, 0) is 13.3 Å². The van der Waals surface area contributed by atoms with Gasteiger partial charge in [-0.15, -0.1) is 11.3 Å². The van der Waals surface area contributed by atoms with Crippen LogP contribution in [0.15, 0.2) is 11.6 Å². The molecule has 0 saturated carbocycles. The van der Waals surface area contributed by atoms with Crippen molar-refractivity contribution < 1.29 is 9.84 Å². The van der Waals surface area contributed by atoms with E-state index in [0.717, 1.165) is 11.4 Å². The van der Waals surface area contributed by atoms with Crippen LogP contribution >= 0.6 is 11.3 Å². The van der Waals surface area contributed by atoms with Crippen molar-refractivity contribution in [3.8, 4) is 0 Å². The second-order valence-corrected chi connectivity index (χ2v) is 4.82. The average Bonchev–Trinajstić information content (AvgIpc) is 2.75. The van der Waals surface area contributed by atoms with Gasteiger partial charge in [-0.3, -0.25) is 0 Å². The van der Waals surface area contributed by atoms with E-state index in [0.29, 0.717) is 19.1 Å². The van der Waals surface area contributed by atoms with E-state index in [4.69, 9.17) is 4.74 Å². The Morgan fingerprint density at radius 1 is 1.79 bits per heavy atom. The molecule has 0 aromatic carbocycles. The Balaban J connectivity index is 1.87. The summed E-state index contributed by atoms with van der Waals surface area (Å²) in [6.45, 7) is 2.74. The summed E-state index contributed by atoms with van der Waals surface area (Å²) >= 11 is 1.60. The number of aliphatic hydroxyl groups excluding tert-OH is 1. The van der Waals surface area contributed by atoms with Gasteiger partial charge >= 0.3 is 0 Å². The molecule has 1 aromatic rings. The van der Waals surface area contributed by atoms with Crippen LogP contribution in [0.2, 0.25) is 0 Å². The van der Waals surface area contributed by atoms with Crippen molar-refractivity contribution in [2.24, 2.45) is 5.92 Å². The molecule has 3 nitrogen and oxygen atoms in total. The van der Waals surface area contributed by atoms with Gasteiger partial charge in [0.1, 0.15) is 0 Å². The molecular weight excluding hydrogens is 198 g/mol. The van der Waals surface area contributed by atoms with Crippen LogP contribution < -0.4 is 0 Å². The molecule has 1 N–H and O–H groups in total. The van der Waals surface area contributed by atoms with Gasteiger partial charge in [-0.2, -0.15) is 0 Å². The van der Waals surface area contributed by atoms with Gasteiger partial charge in [0, 0.05) is 23.9 Å². The molecule has 0 aliphatic carbocycles. The first-order valence-electron chi connectivity index (χ1n) is 4.93. The fourth-order valence-electron chi connectivity index (χ4n) is 1.82. The number of aromatic nitrogens is 1. The maximum absolute atomic E-state index is 9.93. The predicted molar refractivity (Wildman–Crippen MR) is 55.3 cm³/mol. The van der Waals surface area contributed by atoms with Crippen LogP contribution in [0.4, 0.5) is 0 Å². The summed E-state index contributed by atoms with van der Waals surface area (Å²) in [4.78, 5) is 4.16. The fraction of sp³-hybridized carbons (Fsp3) is 0.700. The van der Waals surface area contributed by atoms with Crippen molar-refractivity contribution in [1.82, 2.24) is 4.98 Å². The molecule has 14 heavy (non-hydrogen) atoms. The minimum Gasteiger partial charge on any atom is -0.392 e. The molecule has 2 heterocycles. The van der Waals surface area contributed by atoms with Crippen molar-refractivity contribution in [2.45, 2.75) is 32.0 Å². The molecule has 1 aliphatic heterocycles. The second-order valence-electron chi connectivity index (χ2n) is 3.84. The van der Waals surface area contributed by atoms with Crippen LogP contribution in [0.25, 0.3) is 0 Å². The standard InChI is InChI=1S/C10H15NO2S/c1-7-4-8(6-13-7)9(12)5-10-11-2-3-14-10/h2-3,7-9,12H,4-6H2,1H3. The molecule has 1 aromatic heterocycles. The summed E-state index contributed by atoms with van der Waals surface area (Å²) in [6, 6.07) is 0. The Morgan fingerprint density at radius 2 is 2.64 bits per heavy atom. The van der Waals surface area contributed by atoms with E-state index < -0.39 is 0 Å². The van der Waals surface area contributed by atoms with E-state index >= 15 is 0 Å². The highest BCUT2D eigenvalue weighted by Gasteiger charge is 2.28. The molecule has 3 unspecified atom stereocenters. The van der Waals surface area contributed by atoms with Crippen LogP contribution in [0, 0.1) is 5.92 Å². The highest BCUT2D eigenvalue weighted by molar-refractivity contribution is 7.09. The molecule has 0 bridgehead atoms. The van der Waals surface area contributed by atoms with E-state index in [2.05, 4.69) is 11.9 Å². The molecular formula is C10H15NO2S. The first kappa shape index (κ1) is 10.1. The molecule has 78 valence electrons. The van der Waals surface area contributed by atoms with Crippen LogP contribution in [0.1, 0.15) is 18.4 Å². The average molecular weight is 213 g/mol. The van der Waals surface area contributed by atoms with Gasteiger partial charge in [0.25, 0.3) is 0 Å². The number of ether oxygens (including phenoxy) is 1. The number of nitrogens with zero attached hydrogens (tertiary/aromatic N) is 1. The fourth-order valence-corrected chi connectivity index (χ4v) is 2.49. The minimum atomic E-state index is -0.300. The third-order valence-corrected chi connectivity index (χ3v) is 3.44. The Kier molecular flexibility index (Phi) is 3.15. The Labute approximate surface area is 87.7 Å². The summed E-state index contributed by atoms with van der Waals surface area (Å²) in [5, 5.41) is 12.9. The number of hydrogen-bond acceptors (Lipinski definition) is 4. The number of rotatable bonds is 3. The molecule has 0 radical (unpaired) electrons. The topological polar surface area (TPSA) is 42.4 Å². The van der Waals surface area contributed by atoms with E-state index in [-0.39, 0.29) is 12.0 Å². The summed E-state index contributed by atoms with van der Waals surface area (Å²) in [6.07, 6.45) is 3.41. The van der Waals surface area contributed by atoms with E-state index in [1.807, 2.05) is 5.38 Å². The molecule has 1 saturated heterocycles. The first-order chi connectivity index (χ1) is 6.75. The number of aliphatic hydroxyl groups is 1. The van der Waals surface area contributed by atoms with Crippen molar-refractivity contribution >= 4 is 11.3 Å². The lowest BCUT2D eigenvalue weighted by Crippen LogP contribution is -2.23. The summed E-state index contributed by atoms with van der Waals surface area (Å²) in [5.41, 5.74) is 0. The summed E-state index contributed by atoms with van der Waals surface area (Å²) < 4.78 is 5.43. The molecule has 4 heteroatoms. The van der Waals surface area contributed by atoms with E-state index in [9.17, 15) is 5.11 Å². The summed E-state index contributed by atoms with van der Waals surface area (Å²) in [5.74, 6) is 0.286. The molecule has 1 aliphatic rings. The Hall–Kier alpha value is -0.450. The lowest BCUT2D eigenvalue weighted by atomic mass is 9.97. The van der Waals surface area contributed by atoms with Gasteiger partial charge in [-0.25, -0.2) is 4.98 Å². The maximum Gasteiger partial charge on any atom is 0.0950 e. The van der Waals surface area contributed by atoms with Crippen LogP contribution in [-0.2, 0) is 11.2 Å². The zero-order valence-corrected chi connectivity index (χ0v) is 9.04. The van der Waals surface area contributed by atoms with Gasteiger partial charge < -0.3 is 9.84 Å². The first-order valence-corrected chi connectivity index (χ1v) is 5.81. The van der Waals surface area contributed by atoms with Gasteiger partial charge in [0.15, 0.2) is 0 Å². The zero-order chi connectivity index (χ0) is 9.97. The minimum absolute atomic E-state index is 0.286. The molecule has 2 rings (SSSR count). The second kappa shape index (κ2) is 4.38. The quantitative estimate of drug-likeness (QED) is 0.826. The lowest BCUT2D eigenvalue weighted by Gasteiger charge is -2.14. The van der Waals surface area contributed by atoms with E-state index in [1.54, 1.807) is 17.5 Å². The van der Waals surface area contributed by atoms with Gasteiger partial charge in [0.05, 0.1) is 23.8 Å². The Morgan fingerprint density at radius 3 is 3.21 bits per heavy atom. The van der Waals surface area contributed by atoms with Gasteiger partial charge in [0.2, 0.25) is 0 Å². The normalized spacial score (nSPS) is 29.3. The third-order valence-electron chi connectivity index (χ3n) is 2.64. The Bertz CT molecular complexity index is 276. The van der Waals surface area contributed by atoms with Crippen LogP contribution in [-0.4, -0.2) is 28.9 Å². The highest BCUT2D eigenvalue weighted by Crippen LogP contribution is 2.24. The number of thiazole rings is 1. The van der Waals surface area contributed by atoms with Crippen molar-refractivity contribution in [2.75, 3.05) is 6.61 Å². The predicted octanol–water partition coefficient (Wildman–Crippen LogP) is 1.47. The molecule has 3 atom stereocenters. The molecule has 1 fully saturated rings. The SMILES string of the molecule is CC1CC(C(O)Cc2nccs2)CO1. The van der Waals surface area contributed by atoms with Gasteiger partial charge in [-0.1, -0.05) is 0 Å². The molecule has 0 spiro atoms. The lowest BCUT2D eigenvalue weighted by molar-refractivity contribution is 0.0806. The summed E-state index contributed by atoms with van der Waals surface area (Å²) in [7, 11) is 0. The van der Waals surface area contributed by atoms with Crippen LogP contribution in [0.5, 0.6) is 0 Å². The van der Waals surface area contributed by atoms with Crippen molar-refractivity contribution in [1.29, 1.82) is 0 Å². The third kappa shape index (κ3) is 2.32. The largest absolute Gasteiger partial charge is 0.392 e. The maximum atomic E-state index is 9.93. The number of hydrogen-bond donors (Lipinski definition) is 1. The zero-order valence-electron chi connectivity index (χ0n) is 8.22. The molecule has 0 amide bonds. The van der Waals surface area contributed by atoms with Crippen molar-refractivity contribution in [3.63, 3.8) is 0 Å². The highest BCUT2D eigenvalue weighted by atomic mass is 32.1.